The van der Waals surface area contributed by atoms with Gasteiger partial charge in [0.1, 0.15) is 23.0 Å². The number of fused-ring (bicyclic) bond motifs is 20. The first-order chi connectivity index (χ1) is 48.1. The molecule has 0 saturated heterocycles. The van der Waals surface area contributed by atoms with Crippen molar-refractivity contribution in [3.63, 3.8) is 0 Å². The third-order valence-corrected chi connectivity index (χ3v) is 27.4. The summed E-state index contributed by atoms with van der Waals surface area (Å²) in [4.78, 5) is 0. The van der Waals surface area contributed by atoms with E-state index in [-0.39, 0.29) is 0 Å². The van der Waals surface area contributed by atoms with Crippen LogP contribution in [0, 0.1) is 69.0 Å². The Labute approximate surface area is 611 Å². The normalized spacial score (nSPS) is 27.6. The van der Waals surface area contributed by atoms with Crippen LogP contribution in [-0.4, -0.2) is 24.4 Å². The first-order valence-corrected chi connectivity index (χ1v) is 39.0. The van der Waals surface area contributed by atoms with E-state index in [0.29, 0.717) is 50.9 Å². The van der Waals surface area contributed by atoms with Crippen molar-refractivity contribution in [2.24, 2.45) is 45.3 Å². The highest BCUT2D eigenvalue weighted by molar-refractivity contribution is 9.11. The predicted octanol–water partition coefficient (Wildman–Crippen LogP) is 25.0. The Morgan fingerprint density at radius 1 is 0.350 bits per heavy atom. The molecule has 8 aliphatic carbocycles. The molecule has 4 nitrogen and oxygen atoms in total. The van der Waals surface area contributed by atoms with E-state index in [1.807, 2.05) is 60.7 Å². The summed E-state index contributed by atoms with van der Waals surface area (Å²) in [5.74, 6) is 22.2. The van der Waals surface area contributed by atoms with Crippen molar-refractivity contribution < 1.29 is 19.7 Å². The van der Waals surface area contributed by atoms with Gasteiger partial charge in [0.2, 0.25) is 0 Å². The average Bonchev–Trinajstić information content (AvgIpc) is 1.43. The van der Waals surface area contributed by atoms with Crippen LogP contribution < -0.4 is 9.47 Å². The molecule has 4 fully saturated rings. The number of aromatic hydroxyl groups is 2. The van der Waals surface area contributed by atoms with Crippen molar-refractivity contribution in [3.8, 4) is 46.7 Å². The van der Waals surface area contributed by atoms with Crippen molar-refractivity contribution in [3.05, 3.63) is 233 Å². The van der Waals surface area contributed by atoms with Crippen molar-refractivity contribution in [2.75, 3.05) is 14.2 Å². The molecule has 0 aromatic heterocycles. The van der Waals surface area contributed by atoms with E-state index in [2.05, 4.69) is 196 Å². The highest BCUT2D eigenvalue weighted by Crippen LogP contribution is 2.63. The van der Waals surface area contributed by atoms with Gasteiger partial charge in [-0.15, -0.1) is 0 Å². The highest BCUT2D eigenvalue weighted by atomic mass is 79.9. The second-order valence-corrected chi connectivity index (χ2v) is 35.1. The Morgan fingerprint density at radius 2 is 0.650 bits per heavy atom. The second-order valence-electron chi connectivity index (χ2n) is 33.4. The van der Waals surface area contributed by atoms with E-state index in [0.717, 1.165) is 88.0 Å². The van der Waals surface area contributed by atoms with Gasteiger partial charge in [-0.05, 0) is 381 Å². The number of ether oxygens (including phenoxy) is 2. The molecule has 0 amide bonds. The molecule has 10 aromatic rings. The summed E-state index contributed by atoms with van der Waals surface area (Å²) in [6.07, 6.45) is 20.3. The molecule has 12 atom stereocenters. The summed E-state index contributed by atoms with van der Waals surface area (Å²) in [6, 6.07) is 54.5. The molecule has 18 rings (SSSR count). The van der Waals surface area contributed by atoms with E-state index in [1.165, 1.54) is 158 Å². The lowest BCUT2D eigenvalue weighted by Gasteiger charge is -2.38. The SMILES string of the molecule is COc1ccc2c(Br)cc3c(c2c1)CC[C@]1(C)C[C@@H](C)C[C@@H]31.COc1ccc2c(C#Cc3ccccc3)cc3c(c2c1)CC[C@]1(C)C[C@@H](C)C[C@@H]31.C[C@H]1C[C@H]2c3cc(Br)c4ccc(O)cc4c3CC[C@]2(C)C1.C[C@H]1C[C@H]2c3cc(C#Cc4ccccc4)c4ccc(O)cc4c3CC[C@]2(C)C1. The first-order valence-electron chi connectivity index (χ1n) is 37.4. The van der Waals surface area contributed by atoms with E-state index >= 15 is 0 Å². The molecule has 0 aliphatic heterocycles. The van der Waals surface area contributed by atoms with Gasteiger partial charge in [-0.25, -0.2) is 0 Å². The summed E-state index contributed by atoms with van der Waals surface area (Å²) < 4.78 is 13.4. The molecule has 0 radical (unpaired) electrons. The van der Waals surface area contributed by atoms with Crippen LogP contribution in [0.3, 0.4) is 0 Å². The Balaban J connectivity index is 0.000000109. The minimum Gasteiger partial charge on any atom is -0.508 e. The van der Waals surface area contributed by atoms with Crippen LogP contribution in [0.15, 0.2) is 167 Å². The van der Waals surface area contributed by atoms with Crippen LogP contribution >= 0.6 is 31.9 Å². The van der Waals surface area contributed by atoms with Gasteiger partial charge in [0.05, 0.1) is 14.2 Å². The standard InChI is InChI=1S/C28H28O.C27H26O.C20H23BrO.C19H21BrO/c1-19-15-27-26-16-21(10-9-20-7-5-4-6-8-20)23-12-11-22(29-3)17-25(23)24(26)13-14-28(27,2)18-19;1-18-14-26-25-15-20(9-8-19-6-4-3-5-7-19)22-11-10-21(28)16-24(22)23(25)12-13-27(26,2)17-18;1-12-8-18-17-10-19(21)15-5-4-13(22-3)9-16(15)14(17)6-7-20(18,2)11-12;1-11-7-17-16-9-18(20)14-4-3-12(21)8-15(14)13(16)5-6-19(17,2)10-11/h4-8,11-12,16-17,19,27H,13-15,18H2,1-3H3;3-7,10-11,15-16,18,26,28H,12-14,17H2,1-2H3;4-5,9-10,12,18H,6-8,11H2,1-3H3;3-4,8-9,11,17,21H,5-7,10H2,1-2H3/t19-,27-,28+;18-,26-,27+;12-,18-,20+;11-,17-,19+/m0000/s1. The van der Waals surface area contributed by atoms with Gasteiger partial charge < -0.3 is 19.7 Å². The lowest BCUT2D eigenvalue weighted by Crippen LogP contribution is -2.26. The third-order valence-electron chi connectivity index (χ3n) is 26.1. The molecule has 0 spiro atoms. The number of aryl methyl sites for hydroxylation is 4. The molecule has 6 heteroatoms. The van der Waals surface area contributed by atoms with Crippen LogP contribution in [0.1, 0.15) is 223 Å². The molecular formula is C94H98Br2O4. The largest absolute Gasteiger partial charge is 0.508 e. The zero-order chi connectivity index (χ0) is 69.6. The molecule has 2 N–H and O–H groups in total. The minimum atomic E-state index is 0.344. The first kappa shape index (κ1) is 68.3. The van der Waals surface area contributed by atoms with Gasteiger partial charge in [0.25, 0.3) is 0 Å². The van der Waals surface area contributed by atoms with Crippen molar-refractivity contribution >= 4 is 74.9 Å². The van der Waals surface area contributed by atoms with Crippen molar-refractivity contribution in [1.82, 2.24) is 0 Å². The minimum absolute atomic E-state index is 0.344. The van der Waals surface area contributed by atoms with Crippen LogP contribution in [-0.2, 0) is 25.7 Å². The molecule has 4 saturated carbocycles. The maximum Gasteiger partial charge on any atom is 0.119 e. The summed E-state index contributed by atoms with van der Waals surface area (Å²) >= 11 is 7.56. The monoisotopic (exact) mass is 1450 g/mol. The Bertz CT molecular complexity index is 4970. The molecule has 512 valence electrons. The summed E-state index contributed by atoms with van der Waals surface area (Å²) in [5.41, 5.74) is 18.3. The van der Waals surface area contributed by atoms with E-state index in [1.54, 1.807) is 43.0 Å². The Kier molecular flexibility index (Phi) is 18.5. The van der Waals surface area contributed by atoms with Gasteiger partial charge in [-0.2, -0.15) is 0 Å². The van der Waals surface area contributed by atoms with Gasteiger partial charge in [0, 0.05) is 31.2 Å². The fourth-order valence-corrected chi connectivity index (χ4v) is 22.8. The van der Waals surface area contributed by atoms with Crippen molar-refractivity contribution in [2.45, 2.75) is 182 Å². The number of phenolic OH excluding ortho intramolecular Hbond substituents is 2. The Morgan fingerprint density at radius 3 is 1.01 bits per heavy atom. The number of halogens is 2. The number of benzene rings is 10. The highest BCUT2D eigenvalue weighted by Gasteiger charge is 2.50. The van der Waals surface area contributed by atoms with E-state index in [9.17, 15) is 10.2 Å². The summed E-state index contributed by atoms with van der Waals surface area (Å²) in [7, 11) is 3.50. The number of phenols is 2. The number of hydrogen-bond acceptors (Lipinski definition) is 4. The summed E-state index contributed by atoms with van der Waals surface area (Å²) in [5, 5.41) is 30.2. The molecular weight excluding hydrogens is 1350 g/mol. The van der Waals surface area contributed by atoms with Gasteiger partial charge in [0.15, 0.2) is 0 Å². The number of methoxy groups -OCH3 is 2. The molecule has 100 heavy (non-hydrogen) atoms. The fraction of sp³-hybridized carbons (Fsp3) is 0.404. The second kappa shape index (κ2) is 27.0. The molecule has 0 heterocycles. The van der Waals surface area contributed by atoms with Crippen molar-refractivity contribution in [1.29, 1.82) is 0 Å². The third kappa shape index (κ3) is 12.8. The van der Waals surface area contributed by atoms with Crippen LogP contribution in [0.2, 0.25) is 0 Å². The maximum absolute atomic E-state index is 10.2. The molecule has 0 bridgehead atoms. The summed E-state index contributed by atoms with van der Waals surface area (Å²) in [6.45, 7) is 19.6. The number of hydrogen-bond donors (Lipinski definition) is 2. The topological polar surface area (TPSA) is 58.9 Å². The van der Waals surface area contributed by atoms with E-state index < -0.39 is 0 Å². The smallest absolute Gasteiger partial charge is 0.119 e. The molecule has 0 unspecified atom stereocenters. The van der Waals surface area contributed by atoms with Gasteiger partial charge in [-0.1, -0.05) is 147 Å². The van der Waals surface area contributed by atoms with E-state index in [4.69, 9.17) is 9.47 Å². The van der Waals surface area contributed by atoms with Crippen LogP contribution in [0.5, 0.6) is 23.0 Å². The zero-order valence-corrected chi connectivity index (χ0v) is 63.6. The lowest BCUT2D eigenvalue weighted by molar-refractivity contribution is 0.248. The zero-order valence-electron chi connectivity index (χ0n) is 60.4. The fourth-order valence-electron chi connectivity index (χ4n) is 21.6. The average molecular weight is 1450 g/mol. The maximum atomic E-state index is 10.2. The predicted molar refractivity (Wildman–Crippen MR) is 423 cm³/mol. The molecule has 10 aromatic carbocycles. The quantitative estimate of drug-likeness (QED) is 0.169. The van der Waals surface area contributed by atoms with Gasteiger partial charge >= 0.3 is 0 Å². The number of rotatable bonds is 2. The Hall–Kier alpha value is -7.48. The van der Waals surface area contributed by atoms with Crippen LogP contribution in [0.25, 0.3) is 43.1 Å². The lowest BCUT2D eigenvalue weighted by atomic mass is 9.66. The van der Waals surface area contributed by atoms with Gasteiger partial charge in [-0.3, -0.25) is 0 Å². The van der Waals surface area contributed by atoms with Crippen LogP contribution in [0.4, 0.5) is 0 Å². The molecule has 8 aliphatic rings.